The van der Waals surface area contributed by atoms with Crippen LogP contribution in [0, 0.1) is 5.92 Å². The third kappa shape index (κ3) is 10.1. The molecule has 2 aliphatic rings. The van der Waals surface area contributed by atoms with Crippen molar-refractivity contribution in [1.82, 2.24) is 15.5 Å². The van der Waals surface area contributed by atoms with Crippen molar-refractivity contribution in [2.45, 2.75) is 94.7 Å². The maximum absolute atomic E-state index is 13.4. The summed E-state index contributed by atoms with van der Waals surface area (Å²) in [5.74, 6) is -0.0281. The zero-order valence-corrected chi connectivity index (χ0v) is 25.8. The second-order valence-corrected chi connectivity index (χ2v) is 12.4. The van der Waals surface area contributed by atoms with Crippen molar-refractivity contribution in [2.24, 2.45) is 5.92 Å². The van der Waals surface area contributed by atoms with Crippen LogP contribution in [0.25, 0.3) is 0 Å². The Morgan fingerprint density at radius 2 is 1.77 bits per heavy atom. The van der Waals surface area contributed by atoms with E-state index in [0.717, 1.165) is 36.8 Å². The molecular weight excluding hydrogens is 566 g/mol. The summed E-state index contributed by atoms with van der Waals surface area (Å²) >= 11 is 6.16. The number of rotatable bonds is 15. The van der Waals surface area contributed by atoms with Gasteiger partial charge in [0.15, 0.2) is 0 Å². The lowest BCUT2D eigenvalue weighted by atomic mass is 9.85. The minimum absolute atomic E-state index is 0.0941. The van der Waals surface area contributed by atoms with Crippen LogP contribution >= 0.6 is 11.6 Å². The molecule has 4 rings (SSSR count). The molecule has 43 heavy (non-hydrogen) atoms. The van der Waals surface area contributed by atoms with Crippen molar-refractivity contribution in [3.63, 3.8) is 0 Å². The zero-order valence-electron chi connectivity index (χ0n) is 25.1. The molecule has 9 heteroatoms. The summed E-state index contributed by atoms with van der Waals surface area (Å²) in [5.41, 5.74) is 1.24. The summed E-state index contributed by atoms with van der Waals surface area (Å²) in [7, 11) is 1.74. The molecule has 2 saturated carbocycles. The van der Waals surface area contributed by atoms with Gasteiger partial charge in [0.2, 0.25) is 11.8 Å². The lowest BCUT2D eigenvalue weighted by Crippen LogP contribution is -2.51. The number of amides is 3. The van der Waals surface area contributed by atoms with E-state index >= 15 is 0 Å². The highest BCUT2D eigenvalue weighted by molar-refractivity contribution is 6.30. The van der Waals surface area contributed by atoms with Crippen LogP contribution in [0.15, 0.2) is 54.6 Å². The molecule has 8 nitrogen and oxygen atoms in total. The van der Waals surface area contributed by atoms with Gasteiger partial charge in [0, 0.05) is 25.0 Å². The zero-order chi connectivity index (χ0) is 30.7. The Bertz CT molecular complexity index is 1230. The number of nitrogens with zero attached hydrogens (tertiary/aromatic N) is 1. The van der Waals surface area contributed by atoms with Crippen LogP contribution in [-0.4, -0.2) is 54.8 Å². The van der Waals surface area contributed by atoms with Gasteiger partial charge in [0.1, 0.15) is 17.9 Å². The molecule has 0 unspecified atom stereocenters. The molecule has 0 spiro atoms. The molecule has 2 aromatic rings. The fraction of sp³-hybridized carbons (Fsp3) is 0.529. The Morgan fingerprint density at radius 3 is 2.44 bits per heavy atom. The van der Waals surface area contributed by atoms with E-state index in [1.54, 1.807) is 24.1 Å². The standard InChI is InChI=1S/C34H44ClN3O5/c1-38(22-19-26-11-6-3-7-12-26)31(40)18-16-29(24-39)36-32(41)30(17-15-25-9-4-2-5-10-25)37-33(42)43-34(20-21-34)27-13-8-14-28(35)23-27/h3,6-8,11-14,23-25,29-30H,2,4-5,9-10,15-22H2,1H3,(H,36,41)(H,37,42)/t29-,30-/m0/s1. The Labute approximate surface area is 259 Å². The van der Waals surface area contributed by atoms with Gasteiger partial charge in [-0.1, -0.05) is 86.2 Å². The number of likely N-dealkylation sites (N-methyl/N-ethyl adjacent to an activating group) is 1. The van der Waals surface area contributed by atoms with E-state index in [1.807, 2.05) is 42.5 Å². The first-order valence-corrected chi connectivity index (χ1v) is 15.9. The molecule has 0 heterocycles. The van der Waals surface area contributed by atoms with Crippen molar-refractivity contribution < 1.29 is 23.9 Å². The van der Waals surface area contributed by atoms with Gasteiger partial charge in [-0.3, -0.25) is 9.59 Å². The van der Waals surface area contributed by atoms with Crippen LogP contribution in [0.2, 0.25) is 5.02 Å². The molecular formula is C34H44ClN3O5. The van der Waals surface area contributed by atoms with E-state index in [1.165, 1.54) is 19.3 Å². The quantitative estimate of drug-likeness (QED) is 0.243. The van der Waals surface area contributed by atoms with E-state index in [2.05, 4.69) is 10.6 Å². The first kappa shape index (κ1) is 32.5. The smallest absolute Gasteiger partial charge is 0.408 e. The number of halogens is 1. The van der Waals surface area contributed by atoms with Gasteiger partial charge in [0.25, 0.3) is 0 Å². The predicted octanol–water partition coefficient (Wildman–Crippen LogP) is 5.95. The molecule has 2 aliphatic carbocycles. The van der Waals surface area contributed by atoms with E-state index in [9.17, 15) is 19.2 Å². The summed E-state index contributed by atoms with van der Waals surface area (Å²) in [6.07, 6.45) is 9.47. The lowest BCUT2D eigenvalue weighted by molar-refractivity contribution is -0.131. The first-order valence-electron chi connectivity index (χ1n) is 15.6. The van der Waals surface area contributed by atoms with Gasteiger partial charge in [-0.15, -0.1) is 0 Å². The Balaban J connectivity index is 1.31. The maximum Gasteiger partial charge on any atom is 0.408 e. The number of benzene rings is 2. The molecule has 0 aliphatic heterocycles. The van der Waals surface area contributed by atoms with Gasteiger partial charge < -0.3 is 25.1 Å². The molecule has 2 N–H and O–H groups in total. The summed E-state index contributed by atoms with van der Waals surface area (Å²) in [4.78, 5) is 52.7. The minimum Gasteiger partial charge on any atom is -0.438 e. The number of alkyl carbamates (subject to hydrolysis) is 1. The van der Waals surface area contributed by atoms with E-state index in [4.69, 9.17) is 16.3 Å². The largest absolute Gasteiger partial charge is 0.438 e. The maximum atomic E-state index is 13.4. The molecule has 0 saturated heterocycles. The van der Waals surface area contributed by atoms with Crippen molar-refractivity contribution in [3.8, 4) is 0 Å². The number of hydrogen-bond acceptors (Lipinski definition) is 5. The van der Waals surface area contributed by atoms with Crippen molar-refractivity contribution in [2.75, 3.05) is 13.6 Å². The number of nitrogens with one attached hydrogen (secondary N) is 2. The van der Waals surface area contributed by atoms with E-state index < -0.39 is 29.7 Å². The number of ether oxygens (including phenoxy) is 1. The van der Waals surface area contributed by atoms with Gasteiger partial charge in [-0.25, -0.2) is 4.79 Å². The molecule has 0 radical (unpaired) electrons. The normalized spacial score (nSPS) is 17.3. The summed E-state index contributed by atoms with van der Waals surface area (Å²) in [6, 6.07) is 15.5. The van der Waals surface area contributed by atoms with E-state index in [0.29, 0.717) is 43.0 Å². The molecule has 0 bridgehead atoms. The molecule has 0 aromatic heterocycles. The van der Waals surface area contributed by atoms with Gasteiger partial charge >= 0.3 is 6.09 Å². The third-order valence-electron chi connectivity index (χ3n) is 8.71. The van der Waals surface area contributed by atoms with Crippen LogP contribution in [0.4, 0.5) is 4.79 Å². The SMILES string of the molecule is CN(CCc1ccccc1)C(=O)CC[C@@H](C=O)NC(=O)[C@H](CCC1CCCCC1)NC(=O)OC1(c2cccc(Cl)c2)CC1. The molecule has 2 atom stereocenters. The molecule has 3 amide bonds. The fourth-order valence-electron chi connectivity index (χ4n) is 5.82. The van der Waals surface area contributed by atoms with Crippen LogP contribution in [0.1, 0.15) is 81.8 Å². The topological polar surface area (TPSA) is 105 Å². The van der Waals surface area contributed by atoms with Crippen molar-refractivity contribution in [1.29, 1.82) is 0 Å². The van der Waals surface area contributed by atoms with Gasteiger partial charge in [-0.05, 0) is 67.7 Å². The van der Waals surface area contributed by atoms with Gasteiger partial charge in [0.05, 0.1) is 6.04 Å². The number of carbonyl (C=O) groups excluding carboxylic acids is 4. The minimum atomic E-state index is -0.851. The second kappa shape index (κ2) is 15.9. The Hall–Kier alpha value is -3.39. The average Bonchev–Trinajstić information content (AvgIpc) is 3.81. The highest BCUT2D eigenvalue weighted by Gasteiger charge is 2.49. The highest BCUT2D eigenvalue weighted by atomic mass is 35.5. The predicted molar refractivity (Wildman–Crippen MR) is 167 cm³/mol. The number of carbonyl (C=O) groups is 4. The van der Waals surface area contributed by atoms with Gasteiger partial charge in [-0.2, -0.15) is 0 Å². The highest BCUT2D eigenvalue weighted by Crippen LogP contribution is 2.49. The molecule has 232 valence electrons. The lowest BCUT2D eigenvalue weighted by Gasteiger charge is -2.26. The Kier molecular flexibility index (Phi) is 12.0. The average molecular weight is 610 g/mol. The van der Waals surface area contributed by atoms with Crippen LogP contribution in [0.5, 0.6) is 0 Å². The van der Waals surface area contributed by atoms with Crippen LogP contribution in [-0.2, 0) is 31.1 Å². The van der Waals surface area contributed by atoms with Crippen molar-refractivity contribution >= 4 is 35.8 Å². The fourth-order valence-corrected chi connectivity index (χ4v) is 6.02. The first-order chi connectivity index (χ1) is 20.8. The third-order valence-corrected chi connectivity index (χ3v) is 8.94. The molecule has 2 fully saturated rings. The summed E-state index contributed by atoms with van der Waals surface area (Å²) in [6.45, 7) is 0.562. The van der Waals surface area contributed by atoms with E-state index in [-0.39, 0.29) is 18.7 Å². The number of hydrogen-bond donors (Lipinski definition) is 2. The summed E-state index contributed by atoms with van der Waals surface area (Å²) < 4.78 is 5.85. The summed E-state index contributed by atoms with van der Waals surface area (Å²) in [5, 5.41) is 6.12. The molecule has 2 aromatic carbocycles. The van der Waals surface area contributed by atoms with Crippen molar-refractivity contribution in [3.05, 3.63) is 70.7 Å². The Morgan fingerprint density at radius 1 is 1.02 bits per heavy atom. The monoisotopic (exact) mass is 609 g/mol. The second-order valence-electron chi connectivity index (χ2n) is 12.0. The number of aldehydes is 1. The van der Waals surface area contributed by atoms with Crippen LogP contribution < -0.4 is 10.6 Å². The van der Waals surface area contributed by atoms with Crippen LogP contribution in [0.3, 0.4) is 0 Å².